The standard InChI is InChI=1S/C18H27NO2/c1-14-13-18(2,3)11-9-16(14)19(12-10-17(20)21)15-7-5-4-6-8-15/h4-8,14,16H,9-13H2,1-3H3,(H,20,21). The van der Waals surface area contributed by atoms with Gasteiger partial charge in [0, 0.05) is 18.3 Å². The SMILES string of the molecule is CC1CC(C)(C)CCC1N(CCC(=O)O)c1ccccc1. The van der Waals surface area contributed by atoms with Crippen LogP contribution in [0.25, 0.3) is 0 Å². The summed E-state index contributed by atoms with van der Waals surface area (Å²) in [6.07, 6.45) is 3.75. The Bertz CT molecular complexity index is 469. The first-order valence-electron chi connectivity index (χ1n) is 7.92. The fourth-order valence-electron chi connectivity index (χ4n) is 3.72. The van der Waals surface area contributed by atoms with Gasteiger partial charge >= 0.3 is 5.97 Å². The lowest BCUT2D eigenvalue weighted by molar-refractivity contribution is -0.136. The van der Waals surface area contributed by atoms with Crippen LogP contribution in [0.5, 0.6) is 0 Å². The number of aliphatic carboxylic acids is 1. The molecule has 2 unspecified atom stereocenters. The second kappa shape index (κ2) is 6.50. The Hall–Kier alpha value is -1.51. The smallest absolute Gasteiger partial charge is 0.305 e. The molecule has 1 aliphatic rings. The summed E-state index contributed by atoms with van der Waals surface area (Å²) in [6, 6.07) is 10.7. The van der Waals surface area contributed by atoms with E-state index in [2.05, 4.69) is 37.8 Å². The number of benzene rings is 1. The van der Waals surface area contributed by atoms with Gasteiger partial charge in [-0.3, -0.25) is 4.79 Å². The number of para-hydroxylation sites is 1. The Morgan fingerprint density at radius 3 is 2.57 bits per heavy atom. The van der Waals surface area contributed by atoms with Crippen LogP contribution >= 0.6 is 0 Å². The molecule has 2 rings (SSSR count). The van der Waals surface area contributed by atoms with E-state index in [-0.39, 0.29) is 6.42 Å². The molecule has 1 N–H and O–H groups in total. The lowest BCUT2D eigenvalue weighted by Crippen LogP contribution is -2.45. The predicted molar refractivity (Wildman–Crippen MR) is 86.6 cm³/mol. The molecule has 1 aromatic carbocycles. The topological polar surface area (TPSA) is 40.5 Å². The van der Waals surface area contributed by atoms with Crippen molar-refractivity contribution in [1.82, 2.24) is 0 Å². The van der Waals surface area contributed by atoms with Crippen LogP contribution in [0.2, 0.25) is 0 Å². The van der Waals surface area contributed by atoms with E-state index in [1.165, 1.54) is 12.8 Å². The van der Waals surface area contributed by atoms with Crippen molar-refractivity contribution in [3.63, 3.8) is 0 Å². The summed E-state index contributed by atoms with van der Waals surface area (Å²) >= 11 is 0. The maximum Gasteiger partial charge on any atom is 0.305 e. The number of nitrogens with zero attached hydrogens (tertiary/aromatic N) is 1. The van der Waals surface area contributed by atoms with Crippen LogP contribution in [-0.4, -0.2) is 23.7 Å². The summed E-state index contributed by atoms with van der Waals surface area (Å²) in [6.45, 7) is 7.57. The van der Waals surface area contributed by atoms with Crippen LogP contribution in [-0.2, 0) is 4.79 Å². The normalized spacial score (nSPS) is 24.5. The molecule has 2 atom stereocenters. The highest BCUT2D eigenvalue weighted by atomic mass is 16.4. The molecule has 3 nitrogen and oxygen atoms in total. The molecule has 0 bridgehead atoms. The van der Waals surface area contributed by atoms with E-state index in [1.54, 1.807) is 0 Å². The molecule has 0 saturated heterocycles. The summed E-state index contributed by atoms with van der Waals surface area (Å²) in [7, 11) is 0. The van der Waals surface area contributed by atoms with Gasteiger partial charge in [-0.1, -0.05) is 39.0 Å². The zero-order chi connectivity index (χ0) is 15.5. The Morgan fingerprint density at radius 1 is 1.33 bits per heavy atom. The van der Waals surface area contributed by atoms with Crippen molar-refractivity contribution < 1.29 is 9.90 Å². The molecule has 1 saturated carbocycles. The molecule has 0 aromatic heterocycles. The number of hydrogen-bond acceptors (Lipinski definition) is 2. The molecule has 116 valence electrons. The van der Waals surface area contributed by atoms with Crippen LogP contribution in [0, 0.1) is 11.3 Å². The maximum atomic E-state index is 11.0. The summed E-state index contributed by atoms with van der Waals surface area (Å²) in [4.78, 5) is 13.3. The quantitative estimate of drug-likeness (QED) is 0.884. The third-order valence-electron chi connectivity index (χ3n) is 4.70. The fraction of sp³-hybridized carbons (Fsp3) is 0.611. The first kappa shape index (κ1) is 15.9. The second-order valence-corrected chi connectivity index (χ2v) is 7.12. The van der Waals surface area contributed by atoms with Gasteiger partial charge in [-0.2, -0.15) is 0 Å². The molecule has 0 radical (unpaired) electrons. The van der Waals surface area contributed by atoms with E-state index in [4.69, 9.17) is 5.11 Å². The van der Waals surface area contributed by atoms with Gasteiger partial charge in [0.25, 0.3) is 0 Å². The number of hydrogen-bond donors (Lipinski definition) is 1. The second-order valence-electron chi connectivity index (χ2n) is 7.12. The summed E-state index contributed by atoms with van der Waals surface area (Å²) < 4.78 is 0. The average Bonchev–Trinajstić information content (AvgIpc) is 2.41. The molecular formula is C18H27NO2. The lowest BCUT2D eigenvalue weighted by atomic mass is 9.70. The van der Waals surface area contributed by atoms with E-state index in [1.807, 2.05) is 18.2 Å². The first-order chi connectivity index (χ1) is 9.89. The average molecular weight is 289 g/mol. The Morgan fingerprint density at radius 2 is 2.00 bits per heavy atom. The van der Waals surface area contributed by atoms with Gasteiger partial charge < -0.3 is 10.0 Å². The highest BCUT2D eigenvalue weighted by Crippen LogP contribution is 2.41. The van der Waals surface area contributed by atoms with Crippen molar-refractivity contribution in [2.75, 3.05) is 11.4 Å². The van der Waals surface area contributed by atoms with E-state index in [0.717, 1.165) is 12.1 Å². The van der Waals surface area contributed by atoms with Gasteiger partial charge in [0.1, 0.15) is 0 Å². The molecule has 3 heteroatoms. The molecule has 0 spiro atoms. The maximum absolute atomic E-state index is 11.0. The summed E-state index contributed by atoms with van der Waals surface area (Å²) in [5.41, 5.74) is 1.56. The Kier molecular flexibility index (Phi) is 4.92. The molecule has 0 aliphatic heterocycles. The van der Waals surface area contributed by atoms with E-state index < -0.39 is 5.97 Å². The third-order valence-corrected chi connectivity index (χ3v) is 4.70. The van der Waals surface area contributed by atoms with E-state index in [9.17, 15) is 4.79 Å². The van der Waals surface area contributed by atoms with E-state index in [0.29, 0.717) is 23.9 Å². The van der Waals surface area contributed by atoms with Crippen molar-refractivity contribution in [2.45, 2.75) is 52.5 Å². The lowest BCUT2D eigenvalue weighted by Gasteiger charge is -2.45. The van der Waals surface area contributed by atoms with Gasteiger partial charge in [0.05, 0.1) is 6.42 Å². The van der Waals surface area contributed by atoms with Crippen molar-refractivity contribution >= 4 is 11.7 Å². The van der Waals surface area contributed by atoms with Gasteiger partial charge in [-0.05, 0) is 42.7 Å². The Balaban J connectivity index is 2.17. The number of rotatable bonds is 5. The highest BCUT2D eigenvalue weighted by molar-refractivity contribution is 5.67. The molecule has 1 aromatic rings. The minimum Gasteiger partial charge on any atom is -0.481 e. The minimum atomic E-state index is -0.722. The molecule has 1 fully saturated rings. The molecule has 0 amide bonds. The molecular weight excluding hydrogens is 262 g/mol. The van der Waals surface area contributed by atoms with Crippen molar-refractivity contribution in [2.24, 2.45) is 11.3 Å². The molecule has 0 heterocycles. The summed E-state index contributed by atoms with van der Waals surface area (Å²) in [5, 5.41) is 9.03. The van der Waals surface area contributed by atoms with Crippen molar-refractivity contribution in [3.05, 3.63) is 30.3 Å². The van der Waals surface area contributed by atoms with Crippen molar-refractivity contribution in [1.29, 1.82) is 0 Å². The van der Waals surface area contributed by atoms with Crippen LogP contribution in [0.4, 0.5) is 5.69 Å². The van der Waals surface area contributed by atoms with Gasteiger partial charge in [0.2, 0.25) is 0 Å². The van der Waals surface area contributed by atoms with Gasteiger partial charge in [-0.25, -0.2) is 0 Å². The van der Waals surface area contributed by atoms with Crippen molar-refractivity contribution in [3.8, 4) is 0 Å². The number of carbonyl (C=O) groups is 1. The van der Waals surface area contributed by atoms with Gasteiger partial charge in [-0.15, -0.1) is 0 Å². The third kappa shape index (κ3) is 4.23. The monoisotopic (exact) mass is 289 g/mol. The van der Waals surface area contributed by atoms with E-state index >= 15 is 0 Å². The van der Waals surface area contributed by atoms with Crippen LogP contribution in [0.15, 0.2) is 30.3 Å². The van der Waals surface area contributed by atoms with Crippen LogP contribution in [0.3, 0.4) is 0 Å². The van der Waals surface area contributed by atoms with Crippen LogP contribution < -0.4 is 4.90 Å². The molecule has 1 aliphatic carbocycles. The first-order valence-corrected chi connectivity index (χ1v) is 7.92. The van der Waals surface area contributed by atoms with Gasteiger partial charge in [0.15, 0.2) is 0 Å². The predicted octanol–water partition coefficient (Wildman–Crippen LogP) is 4.18. The largest absolute Gasteiger partial charge is 0.481 e. The number of carboxylic acids is 1. The zero-order valence-corrected chi connectivity index (χ0v) is 13.4. The highest BCUT2D eigenvalue weighted by Gasteiger charge is 2.35. The Labute approximate surface area is 128 Å². The van der Waals surface area contributed by atoms with Crippen LogP contribution in [0.1, 0.15) is 46.5 Å². The number of anilines is 1. The fourth-order valence-corrected chi connectivity index (χ4v) is 3.72. The zero-order valence-electron chi connectivity index (χ0n) is 13.4. The molecule has 21 heavy (non-hydrogen) atoms. The number of carboxylic acid groups (broad SMARTS) is 1. The minimum absolute atomic E-state index is 0.196. The summed E-state index contributed by atoms with van der Waals surface area (Å²) in [5.74, 6) is -0.137.